The van der Waals surface area contributed by atoms with Crippen LogP contribution in [-0.4, -0.2) is 145 Å². The summed E-state index contributed by atoms with van der Waals surface area (Å²) in [6.45, 7) is 9.43. The average molecular weight is 1170 g/mol. The van der Waals surface area contributed by atoms with Gasteiger partial charge in [-0.05, 0) is 109 Å². The Morgan fingerprint density at radius 3 is 1.15 bits per heavy atom. The van der Waals surface area contributed by atoms with Crippen molar-refractivity contribution in [2.75, 3.05) is 102 Å². The largest absolute Gasteiger partial charge is 0.491 e. The van der Waals surface area contributed by atoms with E-state index in [1.807, 2.05) is 123 Å². The fraction of sp³-hybridized carbons (Fsp3) is 0.587. The van der Waals surface area contributed by atoms with E-state index in [0.717, 1.165) is 85.0 Å². The molecule has 81 heavy (non-hydrogen) atoms. The molecule has 4 atom stereocenters. The maximum atomic E-state index is 12.5. The molecule has 0 fully saturated rings. The minimum atomic E-state index is -3.22. The van der Waals surface area contributed by atoms with Crippen LogP contribution >= 0.6 is 21.2 Å². The molecule has 0 amide bonds. The van der Waals surface area contributed by atoms with Gasteiger partial charge in [-0.1, -0.05) is 103 Å². The average Bonchev–Trinajstić information content (AvgIpc) is 3.86. The first-order valence-corrected chi connectivity index (χ1v) is 32.6. The number of aliphatic hydroxyl groups is 2. The molecular formula is C63H94N2O14S2. The number of esters is 2. The number of unbranched alkanes of at least 4 members (excludes halogenated alkanes) is 4. The van der Waals surface area contributed by atoms with Crippen molar-refractivity contribution < 1.29 is 66.4 Å². The highest BCUT2D eigenvalue weighted by molar-refractivity contribution is 8.24. The third-order valence-electron chi connectivity index (χ3n) is 16.1. The van der Waals surface area contributed by atoms with Gasteiger partial charge in [-0.15, -0.1) is 0 Å². The van der Waals surface area contributed by atoms with Gasteiger partial charge in [-0.2, -0.15) is 21.2 Å². The van der Waals surface area contributed by atoms with Crippen molar-refractivity contribution in [1.82, 2.24) is 0 Å². The number of rotatable bonds is 32. The van der Waals surface area contributed by atoms with E-state index < -0.39 is 74.4 Å². The van der Waals surface area contributed by atoms with Gasteiger partial charge in [0, 0.05) is 62.2 Å². The molecule has 0 radical (unpaired) electrons. The molecule has 0 saturated carbocycles. The van der Waals surface area contributed by atoms with Gasteiger partial charge < -0.3 is 48.4 Å². The summed E-state index contributed by atoms with van der Waals surface area (Å²) in [7, 11) is 1.34. The molecule has 0 aromatic heterocycles. The molecule has 0 bridgehead atoms. The normalized spacial score (nSPS) is 20.3. The lowest BCUT2D eigenvalue weighted by molar-refractivity contribution is -0.156. The fourth-order valence-electron chi connectivity index (χ4n) is 11.7. The Balaban J connectivity index is 0.902. The summed E-state index contributed by atoms with van der Waals surface area (Å²) in [5, 5.41) is 25.0. The van der Waals surface area contributed by atoms with Crippen molar-refractivity contribution in [3.63, 3.8) is 0 Å². The summed E-state index contributed by atoms with van der Waals surface area (Å²) in [5.74, 6) is -1.02. The van der Waals surface area contributed by atoms with Gasteiger partial charge in [-0.3, -0.25) is 27.8 Å². The number of fused-ring (bicyclic) bond motifs is 2. The molecular weight excluding hydrogens is 1070 g/mol. The fourth-order valence-corrected chi connectivity index (χ4v) is 16.2. The number of nitrogens with zero attached hydrogens (tertiary/aromatic N) is 2. The Morgan fingerprint density at radius 2 is 0.827 bits per heavy atom. The number of aliphatic hydroxyl groups excluding tert-OH is 2. The van der Waals surface area contributed by atoms with Crippen LogP contribution in [-0.2, 0) is 28.5 Å². The van der Waals surface area contributed by atoms with E-state index in [2.05, 4.69) is 27.7 Å². The summed E-state index contributed by atoms with van der Waals surface area (Å²) >= 11 is 0. The molecule has 18 heteroatoms. The first kappa shape index (κ1) is 65.6. The lowest BCUT2D eigenvalue weighted by Crippen LogP contribution is -2.42. The molecule has 4 aromatic carbocycles. The first-order valence-electron chi connectivity index (χ1n) is 29.2. The van der Waals surface area contributed by atoms with Gasteiger partial charge in [-0.25, -0.2) is 0 Å². The Bertz CT molecular complexity index is 2390. The number of carbonyl (C=O) groups excluding carboxylic acids is 2. The molecule has 0 aliphatic carbocycles. The molecule has 2 aliphatic heterocycles. The quantitative estimate of drug-likeness (QED) is 0.0152. The van der Waals surface area contributed by atoms with Crippen LogP contribution in [0.15, 0.2) is 94.7 Å². The Kier molecular flexibility index (Phi) is 24.9. The van der Waals surface area contributed by atoms with E-state index in [0.29, 0.717) is 47.0 Å². The van der Waals surface area contributed by atoms with Gasteiger partial charge in [0.05, 0.1) is 59.9 Å². The Hall–Kier alpha value is -4.60. The summed E-state index contributed by atoms with van der Waals surface area (Å²) in [4.78, 5) is 29.6. The maximum Gasteiger partial charge on any atom is 0.317 e. The molecule has 4 unspecified atom stereocenters. The van der Waals surface area contributed by atoms with E-state index >= 15 is 0 Å². The lowest BCUT2D eigenvalue weighted by Gasteiger charge is -2.44. The van der Waals surface area contributed by atoms with Gasteiger partial charge >= 0.3 is 11.9 Å². The summed E-state index contributed by atoms with van der Waals surface area (Å²) in [6, 6.07) is 26.6. The number of hydrogen-bond acceptors (Lipinski definition) is 16. The highest BCUT2D eigenvalue weighted by atomic mass is 32.3. The number of carbonyl (C=O) groups is 2. The molecule has 4 aromatic rings. The van der Waals surface area contributed by atoms with E-state index in [1.165, 1.54) is 0 Å². The number of hydrogen-bond donors (Lipinski definition) is 6. The van der Waals surface area contributed by atoms with Crippen molar-refractivity contribution in [3.8, 4) is 11.5 Å². The van der Waals surface area contributed by atoms with Gasteiger partial charge in [0.25, 0.3) is 0 Å². The molecule has 0 spiro atoms. The van der Waals surface area contributed by atoms with Crippen LogP contribution in [0.3, 0.4) is 0 Å². The molecule has 452 valence electrons. The minimum absolute atomic E-state index is 0.0577. The van der Waals surface area contributed by atoms with Crippen LogP contribution in [0.25, 0.3) is 0 Å². The van der Waals surface area contributed by atoms with E-state index in [4.69, 9.17) is 28.4 Å². The van der Waals surface area contributed by atoms with Crippen molar-refractivity contribution in [1.29, 1.82) is 0 Å². The Labute approximate surface area is 485 Å². The molecule has 6 rings (SSSR count). The molecule has 6 N–H and O–H groups in total. The van der Waals surface area contributed by atoms with Gasteiger partial charge in [0.15, 0.2) is 0 Å². The number of anilines is 2. The van der Waals surface area contributed by atoms with Crippen LogP contribution in [0.2, 0.25) is 0 Å². The van der Waals surface area contributed by atoms with Crippen molar-refractivity contribution in [3.05, 3.63) is 107 Å². The highest BCUT2D eigenvalue weighted by Gasteiger charge is 2.51. The van der Waals surface area contributed by atoms with Crippen LogP contribution in [0.5, 0.6) is 11.5 Å². The summed E-state index contributed by atoms with van der Waals surface area (Å²) in [5.41, 5.74) is 3.62. The van der Waals surface area contributed by atoms with Gasteiger partial charge in [0.1, 0.15) is 44.3 Å². The third kappa shape index (κ3) is 17.3. The smallest absolute Gasteiger partial charge is 0.317 e. The predicted octanol–water partition coefficient (Wildman–Crippen LogP) is 12.8. The zero-order valence-corrected chi connectivity index (χ0v) is 50.9. The van der Waals surface area contributed by atoms with Crippen molar-refractivity contribution in [2.24, 2.45) is 10.8 Å². The molecule has 2 aliphatic rings. The molecule has 0 saturated heterocycles. The Morgan fingerprint density at radius 1 is 0.494 bits per heavy atom. The zero-order valence-electron chi connectivity index (χ0n) is 49.3. The van der Waals surface area contributed by atoms with Crippen LogP contribution in [0, 0.1) is 10.8 Å². The molecule has 2 heterocycles. The second kappa shape index (κ2) is 30.8. The van der Waals surface area contributed by atoms with Crippen LogP contribution in [0.4, 0.5) is 11.4 Å². The van der Waals surface area contributed by atoms with E-state index in [9.17, 15) is 38.0 Å². The maximum absolute atomic E-state index is 12.5. The number of ether oxygens (including phenoxy) is 6. The SMILES string of the molecule is CCCCC1(CCCC)CS(O)(O)c2ccc(N(C)C)cc2C(c2ccc(OCCOCCOC(=O)CC(=O)OCCOCCOc3ccc(C4c5cc(N(C)C)ccc5S(O)(O)CC(CCCC)(CCCC)C4O)cc3)cc2)C1O. The minimum Gasteiger partial charge on any atom is -0.491 e. The van der Waals surface area contributed by atoms with Crippen molar-refractivity contribution >= 4 is 44.5 Å². The number of benzene rings is 4. The topological polar surface area (TPSA) is 217 Å². The monoisotopic (exact) mass is 1170 g/mol. The second-order valence-electron chi connectivity index (χ2n) is 22.5. The van der Waals surface area contributed by atoms with Crippen LogP contribution in [0.1, 0.15) is 145 Å². The lowest BCUT2D eigenvalue weighted by atomic mass is 9.68. The zero-order chi connectivity index (χ0) is 58.8. The standard InChI is InChI=1S/C63H94N2O14S2/c1-9-13-29-62(30-14-10-2)44-80(70,71)54-27-21-48(64(5)6)41-52(54)58(60(62)68)46-17-23-50(24-18-46)76-37-33-74-35-39-78-56(66)43-57(67)79-40-36-75-34-38-77-51-25-19-47(20-26-51)59-53-42-49(65(7)8)22-28-55(53)81(72,73)45-63(61(59)69,31-15-11-3)32-16-12-4/h17-28,41-42,58-61,68-73H,9-16,29-40,43-45H2,1-8H3. The second-order valence-corrected chi connectivity index (χ2v) is 26.6. The van der Waals surface area contributed by atoms with E-state index in [1.54, 1.807) is 0 Å². The highest BCUT2D eigenvalue weighted by Crippen LogP contribution is 2.64. The van der Waals surface area contributed by atoms with Crippen molar-refractivity contribution in [2.45, 2.75) is 145 Å². The van der Waals surface area contributed by atoms with E-state index in [-0.39, 0.29) is 64.4 Å². The predicted molar refractivity (Wildman–Crippen MR) is 324 cm³/mol. The third-order valence-corrected chi connectivity index (χ3v) is 20.2. The summed E-state index contributed by atoms with van der Waals surface area (Å²) < 4.78 is 80.8. The van der Waals surface area contributed by atoms with Gasteiger partial charge in [0.2, 0.25) is 0 Å². The van der Waals surface area contributed by atoms with Crippen LogP contribution < -0.4 is 19.3 Å². The first-order chi connectivity index (χ1) is 38.7. The molecule has 16 nitrogen and oxygen atoms in total. The summed E-state index contributed by atoms with van der Waals surface area (Å²) in [6.07, 6.45) is 7.76.